The molecule has 0 saturated heterocycles. The second kappa shape index (κ2) is 4.90. The molecule has 0 saturated carbocycles. The maximum Gasteiger partial charge on any atom is 0.200 e. The van der Waals surface area contributed by atoms with E-state index in [9.17, 15) is 0 Å². The van der Waals surface area contributed by atoms with Crippen molar-refractivity contribution in [2.24, 2.45) is 0 Å². The molecule has 1 aromatic heterocycles. The lowest BCUT2D eigenvalue weighted by Crippen LogP contribution is -2.18. The van der Waals surface area contributed by atoms with Crippen molar-refractivity contribution in [3.63, 3.8) is 0 Å². The maximum absolute atomic E-state index is 4.22. The van der Waals surface area contributed by atoms with Gasteiger partial charge in [-0.2, -0.15) is 0 Å². The molecule has 1 rings (SSSR count). The van der Waals surface area contributed by atoms with Crippen LogP contribution in [0.4, 0.5) is 5.95 Å². The van der Waals surface area contributed by atoms with Gasteiger partial charge in [0.1, 0.15) is 0 Å². The second-order valence-electron chi connectivity index (χ2n) is 3.45. The summed E-state index contributed by atoms with van der Waals surface area (Å²) in [6, 6.07) is 0.551. The fraction of sp³-hybridized carbons (Fsp3) is 0.700. The molecule has 1 unspecified atom stereocenters. The van der Waals surface area contributed by atoms with Gasteiger partial charge in [0, 0.05) is 17.9 Å². The summed E-state index contributed by atoms with van der Waals surface area (Å²) in [7, 11) is 0. The van der Waals surface area contributed by atoms with E-state index >= 15 is 0 Å². The van der Waals surface area contributed by atoms with E-state index in [4.69, 9.17) is 0 Å². The second-order valence-corrected chi connectivity index (χ2v) is 3.45. The third-order valence-electron chi connectivity index (χ3n) is 2.17. The van der Waals surface area contributed by atoms with E-state index in [1.807, 2.05) is 13.1 Å². The first-order valence-corrected chi connectivity index (χ1v) is 5.04. The molecule has 0 radical (unpaired) electrons. The van der Waals surface area contributed by atoms with Crippen molar-refractivity contribution >= 4 is 5.95 Å². The summed E-state index contributed by atoms with van der Waals surface area (Å²) in [5, 5.41) is 3.38. The zero-order valence-corrected chi connectivity index (χ0v) is 8.72. The first-order valence-electron chi connectivity index (χ1n) is 5.04. The van der Waals surface area contributed by atoms with E-state index < -0.39 is 0 Å². The molecule has 2 N–H and O–H groups in total. The van der Waals surface area contributed by atoms with E-state index in [0.29, 0.717) is 6.04 Å². The zero-order chi connectivity index (χ0) is 9.68. The smallest absolute Gasteiger partial charge is 0.200 e. The monoisotopic (exact) mass is 181 g/mol. The molecule has 0 aromatic carbocycles. The lowest BCUT2D eigenvalue weighted by molar-refractivity contribution is 0.618. The van der Waals surface area contributed by atoms with Gasteiger partial charge in [0.2, 0.25) is 5.95 Å². The van der Waals surface area contributed by atoms with Gasteiger partial charge < -0.3 is 10.3 Å². The van der Waals surface area contributed by atoms with Gasteiger partial charge in [0.05, 0.1) is 0 Å². The van der Waals surface area contributed by atoms with Gasteiger partial charge in [-0.1, -0.05) is 20.3 Å². The summed E-state index contributed by atoms with van der Waals surface area (Å²) >= 11 is 0. The number of aryl methyl sites for hydroxylation is 1. The number of anilines is 1. The number of hydrogen-bond donors (Lipinski definition) is 2. The van der Waals surface area contributed by atoms with Gasteiger partial charge in [-0.3, -0.25) is 0 Å². The SMILES string of the molecule is CCCC(CC)Nc1ncc(C)[nH]1. The van der Waals surface area contributed by atoms with Gasteiger partial charge in [0.25, 0.3) is 0 Å². The number of hydrogen-bond acceptors (Lipinski definition) is 2. The third-order valence-corrected chi connectivity index (χ3v) is 2.17. The van der Waals surface area contributed by atoms with E-state index in [-0.39, 0.29) is 0 Å². The van der Waals surface area contributed by atoms with Gasteiger partial charge >= 0.3 is 0 Å². The normalized spacial score (nSPS) is 12.8. The van der Waals surface area contributed by atoms with Crippen LogP contribution < -0.4 is 5.32 Å². The van der Waals surface area contributed by atoms with Crippen LogP contribution in [0, 0.1) is 6.92 Å². The Morgan fingerprint density at radius 2 is 2.31 bits per heavy atom. The Morgan fingerprint density at radius 1 is 1.54 bits per heavy atom. The minimum Gasteiger partial charge on any atom is -0.353 e. The first-order chi connectivity index (χ1) is 6.26. The molecule has 1 atom stereocenters. The molecular weight excluding hydrogens is 162 g/mol. The highest BCUT2D eigenvalue weighted by Crippen LogP contribution is 2.08. The number of nitrogens with zero attached hydrogens (tertiary/aromatic N) is 1. The molecule has 0 spiro atoms. The largest absolute Gasteiger partial charge is 0.353 e. The quantitative estimate of drug-likeness (QED) is 0.733. The predicted octanol–water partition coefficient (Wildman–Crippen LogP) is 2.71. The Morgan fingerprint density at radius 3 is 2.77 bits per heavy atom. The lowest BCUT2D eigenvalue weighted by Gasteiger charge is -2.14. The fourth-order valence-electron chi connectivity index (χ4n) is 1.41. The Kier molecular flexibility index (Phi) is 3.80. The van der Waals surface area contributed by atoms with Gasteiger partial charge in [-0.05, 0) is 19.8 Å². The number of rotatable bonds is 5. The van der Waals surface area contributed by atoms with E-state index in [1.54, 1.807) is 0 Å². The molecule has 3 heteroatoms. The molecule has 13 heavy (non-hydrogen) atoms. The standard InChI is InChI=1S/C10H19N3/c1-4-6-9(5-2)13-10-11-7-8(3)12-10/h7,9H,4-6H2,1-3H3,(H2,11,12,13). The predicted molar refractivity (Wildman–Crippen MR) is 55.9 cm³/mol. The van der Waals surface area contributed by atoms with E-state index in [2.05, 4.69) is 29.1 Å². The van der Waals surface area contributed by atoms with Crippen molar-refractivity contribution in [2.45, 2.75) is 46.1 Å². The molecule has 0 aliphatic rings. The molecule has 0 amide bonds. The fourth-order valence-corrected chi connectivity index (χ4v) is 1.41. The Hall–Kier alpha value is -0.990. The number of nitrogens with one attached hydrogen (secondary N) is 2. The van der Waals surface area contributed by atoms with Crippen LogP contribution in [-0.2, 0) is 0 Å². The molecule has 0 aliphatic heterocycles. The Labute approximate surface area is 80.0 Å². The van der Waals surface area contributed by atoms with Crippen LogP contribution in [0.1, 0.15) is 38.8 Å². The van der Waals surface area contributed by atoms with Crippen LogP contribution in [0.5, 0.6) is 0 Å². The van der Waals surface area contributed by atoms with Crippen LogP contribution in [-0.4, -0.2) is 16.0 Å². The first kappa shape index (κ1) is 10.1. The van der Waals surface area contributed by atoms with Gasteiger partial charge in [-0.15, -0.1) is 0 Å². The van der Waals surface area contributed by atoms with Crippen LogP contribution in [0.15, 0.2) is 6.20 Å². The highest BCUT2D eigenvalue weighted by molar-refractivity contribution is 5.27. The van der Waals surface area contributed by atoms with E-state index in [1.165, 1.54) is 12.8 Å². The summed E-state index contributed by atoms with van der Waals surface area (Å²) in [5.41, 5.74) is 1.11. The third kappa shape index (κ3) is 3.09. The van der Waals surface area contributed by atoms with Crippen molar-refractivity contribution in [2.75, 3.05) is 5.32 Å². The molecule has 3 nitrogen and oxygen atoms in total. The molecule has 1 aromatic rings. The molecular formula is C10H19N3. The Balaban J connectivity index is 2.46. The lowest BCUT2D eigenvalue weighted by atomic mass is 10.1. The number of aromatic amines is 1. The highest BCUT2D eigenvalue weighted by atomic mass is 15.1. The van der Waals surface area contributed by atoms with Crippen molar-refractivity contribution in [3.05, 3.63) is 11.9 Å². The molecule has 1 heterocycles. The highest BCUT2D eigenvalue weighted by Gasteiger charge is 2.05. The summed E-state index contributed by atoms with van der Waals surface area (Å²) < 4.78 is 0. The topological polar surface area (TPSA) is 40.7 Å². The van der Waals surface area contributed by atoms with Crippen molar-refractivity contribution in [3.8, 4) is 0 Å². The van der Waals surface area contributed by atoms with Crippen LogP contribution in [0.2, 0.25) is 0 Å². The number of H-pyrrole nitrogens is 1. The summed E-state index contributed by atoms with van der Waals surface area (Å²) in [5.74, 6) is 0.901. The minimum absolute atomic E-state index is 0.551. The van der Waals surface area contributed by atoms with E-state index in [0.717, 1.165) is 18.1 Å². The number of imidazole rings is 1. The average molecular weight is 181 g/mol. The van der Waals surface area contributed by atoms with Gasteiger partial charge in [0.15, 0.2) is 0 Å². The molecule has 0 fully saturated rings. The van der Waals surface area contributed by atoms with Crippen molar-refractivity contribution in [1.29, 1.82) is 0 Å². The zero-order valence-electron chi connectivity index (χ0n) is 8.72. The molecule has 74 valence electrons. The molecule has 0 aliphatic carbocycles. The van der Waals surface area contributed by atoms with Crippen LogP contribution >= 0.6 is 0 Å². The Bertz CT molecular complexity index is 242. The summed E-state index contributed by atoms with van der Waals surface area (Å²) in [4.78, 5) is 7.40. The van der Waals surface area contributed by atoms with Crippen molar-refractivity contribution in [1.82, 2.24) is 9.97 Å². The average Bonchev–Trinajstić information content (AvgIpc) is 2.50. The maximum atomic E-state index is 4.22. The summed E-state index contributed by atoms with van der Waals surface area (Å²) in [6.45, 7) is 6.42. The van der Waals surface area contributed by atoms with Crippen LogP contribution in [0.25, 0.3) is 0 Å². The van der Waals surface area contributed by atoms with Crippen LogP contribution in [0.3, 0.4) is 0 Å². The number of aromatic nitrogens is 2. The van der Waals surface area contributed by atoms with Gasteiger partial charge in [-0.25, -0.2) is 4.98 Å². The van der Waals surface area contributed by atoms with Crippen molar-refractivity contribution < 1.29 is 0 Å². The minimum atomic E-state index is 0.551. The molecule has 0 bridgehead atoms. The summed E-state index contributed by atoms with van der Waals surface area (Å²) in [6.07, 6.45) is 5.41.